The normalized spacial score (nSPS) is 21.5. The van der Waals surface area contributed by atoms with E-state index in [2.05, 4.69) is 16.9 Å². The molecule has 32 heavy (non-hydrogen) atoms. The molecule has 160 valence electrons. The molecule has 1 aliphatic carbocycles. The lowest BCUT2D eigenvalue weighted by atomic mass is 10.1. The number of ether oxygens (including phenoxy) is 2. The Morgan fingerprint density at radius 2 is 1.75 bits per heavy atom. The Balaban J connectivity index is 1.30. The van der Waals surface area contributed by atoms with E-state index in [9.17, 15) is 9.00 Å². The fraction of sp³-hybridized carbons (Fsp3) is 0.200. The molecule has 3 aromatic carbocycles. The number of carbonyl (C=O) groups is 1. The number of benzene rings is 3. The first-order valence-corrected chi connectivity index (χ1v) is 11.6. The lowest BCUT2D eigenvalue weighted by Crippen LogP contribution is -2.15. The van der Waals surface area contributed by atoms with E-state index < -0.39 is 11.0 Å². The maximum absolute atomic E-state index is 12.0. The second-order valence-corrected chi connectivity index (χ2v) is 9.16. The Morgan fingerprint density at radius 1 is 1.00 bits per heavy atom. The van der Waals surface area contributed by atoms with Crippen molar-refractivity contribution in [3.05, 3.63) is 89.0 Å². The molecule has 0 bridgehead atoms. The van der Waals surface area contributed by atoms with Gasteiger partial charge in [0.25, 0.3) is 0 Å². The topological polar surface area (TPSA) is 88.4 Å². The Bertz CT molecular complexity index is 1230. The highest BCUT2D eigenvalue weighted by Crippen LogP contribution is 2.41. The van der Waals surface area contributed by atoms with Crippen LogP contribution in [0.25, 0.3) is 0 Å². The van der Waals surface area contributed by atoms with Crippen molar-refractivity contribution >= 4 is 16.9 Å². The van der Waals surface area contributed by atoms with Crippen LogP contribution in [-0.2, 0) is 22.2 Å². The van der Waals surface area contributed by atoms with Gasteiger partial charge in [-0.25, -0.2) is 4.21 Å². The number of hydrogen-bond acceptors (Lipinski definition) is 5. The van der Waals surface area contributed by atoms with Crippen molar-refractivity contribution in [1.29, 1.82) is 5.26 Å². The maximum Gasteiger partial charge on any atom is 0.233 e. The molecule has 3 atom stereocenters. The molecule has 6 nitrogen and oxygen atoms in total. The number of hydrogen-bond donors (Lipinski definition) is 1. The molecule has 1 saturated heterocycles. The van der Waals surface area contributed by atoms with E-state index in [1.807, 2.05) is 36.4 Å². The van der Waals surface area contributed by atoms with Gasteiger partial charge in [0.1, 0.15) is 34.3 Å². The first-order chi connectivity index (χ1) is 15.6. The predicted molar refractivity (Wildman–Crippen MR) is 119 cm³/mol. The summed E-state index contributed by atoms with van der Waals surface area (Å²) in [5.41, 5.74) is 3.69. The van der Waals surface area contributed by atoms with Gasteiger partial charge in [0.05, 0.1) is 16.9 Å². The molecule has 1 amide bonds. The van der Waals surface area contributed by atoms with Crippen molar-refractivity contribution in [2.75, 3.05) is 0 Å². The van der Waals surface area contributed by atoms with Crippen LogP contribution in [-0.4, -0.2) is 10.1 Å². The van der Waals surface area contributed by atoms with Crippen molar-refractivity contribution in [3.63, 3.8) is 0 Å². The fourth-order valence-corrected chi connectivity index (χ4v) is 5.32. The molecule has 1 fully saturated rings. The number of nitriles is 1. The summed E-state index contributed by atoms with van der Waals surface area (Å²) in [6.45, 7) is 0. The Kier molecular flexibility index (Phi) is 5.38. The van der Waals surface area contributed by atoms with E-state index >= 15 is 0 Å². The zero-order chi connectivity index (χ0) is 22.1. The summed E-state index contributed by atoms with van der Waals surface area (Å²) in [6, 6.07) is 22.6. The molecule has 0 saturated carbocycles. The van der Waals surface area contributed by atoms with Crippen molar-refractivity contribution in [2.24, 2.45) is 0 Å². The third-order valence-electron chi connectivity index (χ3n) is 5.76. The van der Waals surface area contributed by atoms with Crippen LogP contribution in [0.4, 0.5) is 0 Å². The number of amides is 1. The number of nitrogens with zero attached hydrogens (tertiary/aromatic N) is 1. The number of fused-ring (bicyclic) bond motifs is 1. The average Bonchev–Trinajstić information content (AvgIpc) is 3.38. The molecule has 0 aromatic heterocycles. The van der Waals surface area contributed by atoms with Crippen LogP contribution in [0.3, 0.4) is 0 Å². The zero-order valence-electron chi connectivity index (χ0n) is 17.1. The van der Waals surface area contributed by atoms with Crippen LogP contribution in [0.15, 0.2) is 66.7 Å². The lowest BCUT2D eigenvalue weighted by molar-refractivity contribution is -0.118. The minimum atomic E-state index is -1.37. The second-order valence-electron chi connectivity index (χ2n) is 7.79. The third-order valence-corrected chi connectivity index (χ3v) is 7.14. The number of nitrogens with one attached hydrogen (secondary N) is 1. The molecule has 3 aromatic rings. The molecule has 1 heterocycles. The summed E-state index contributed by atoms with van der Waals surface area (Å²) in [6.07, 6.45) is 1.85. The van der Waals surface area contributed by atoms with Gasteiger partial charge in [-0.05, 0) is 66.4 Å². The Morgan fingerprint density at radius 3 is 2.44 bits per heavy atom. The predicted octanol–water partition coefficient (Wildman–Crippen LogP) is 4.64. The number of carbonyl (C=O) groups excluding carboxylic acids is 1. The molecule has 0 spiro atoms. The largest absolute Gasteiger partial charge is 0.486 e. The van der Waals surface area contributed by atoms with Gasteiger partial charge in [-0.1, -0.05) is 24.3 Å². The quantitative estimate of drug-likeness (QED) is 0.619. The summed E-state index contributed by atoms with van der Waals surface area (Å²) in [4.78, 5) is 11.5. The monoisotopic (exact) mass is 444 g/mol. The van der Waals surface area contributed by atoms with Gasteiger partial charge in [0.15, 0.2) is 0 Å². The summed E-state index contributed by atoms with van der Waals surface area (Å²) in [5.74, 6) is 2.03. The van der Waals surface area contributed by atoms with Crippen molar-refractivity contribution in [3.8, 4) is 23.3 Å². The van der Waals surface area contributed by atoms with E-state index in [1.54, 1.807) is 24.3 Å². The summed E-state index contributed by atoms with van der Waals surface area (Å²) in [5, 5.41) is 8.64. The van der Waals surface area contributed by atoms with Gasteiger partial charge >= 0.3 is 0 Å². The van der Waals surface area contributed by atoms with E-state index in [1.165, 1.54) is 0 Å². The van der Waals surface area contributed by atoms with Crippen LogP contribution < -0.4 is 14.2 Å². The van der Waals surface area contributed by atoms with Crippen LogP contribution in [0.5, 0.6) is 17.2 Å². The SMILES string of the molecule is N#Cc1ccc(Oc2cccc3c2CCC3Oc2ccc(C3CC(=O)NS3=O)cc2)cc1. The van der Waals surface area contributed by atoms with Gasteiger partial charge in [-0.2, -0.15) is 5.26 Å². The zero-order valence-corrected chi connectivity index (χ0v) is 17.9. The average molecular weight is 445 g/mol. The standard InChI is InChI=1S/C25H20N2O4S/c26-15-16-4-8-18(9-5-16)30-22-3-1-2-20-21(22)12-13-23(20)31-19-10-6-17(7-11-19)24-14-25(28)27-32(24)29/h1-11,23-24H,12-14H2,(H,27,28). The van der Waals surface area contributed by atoms with Gasteiger partial charge in [0.2, 0.25) is 5.91 Å². The highest BCUT2D eigenvalue weighted by Gasteiger charge is 2.31. The lowest BCUT2D eigenvalue weighted by Gasteiger charge is -2.16. The minimum Gasteiger partial charge on any atom is -0.486 e. The molecule has 0 radical (unpaired) electrons. The van der Waals surface area contributed by atoms with Crippen molar-refractivity contribution in [2.45, 2.75) is 30.6 Å². The summed E-state index contributed by atoms with van der Waals surface area (Å²) >= 11 is 0. The van der Waals surface area contributed by atoms with E-state index in [4.69, 9.17) is 14.7 Å². The van der Waals surface area contributed by atoms with Crippen molar-refractivity contribution < 1.29 is 18.5 Å². The number of rotatable bonds is 5. The van der Waals surface area contributed by atoms with E-state index in [-0.39, 0.29) is 23.7 Å². The van der Waals surface area contributed by atoms with Crippen LogP contribution >= 0.6 is 0 Å². The maximum atomic E-state index is 12.0. The molecule has 3 unspecified atom stereocenters. The molecule has 5 rings (SSSR count). The minimum absolute atomic E-state index is 0.0794. The molecular formula is C25H20N2O4S. The molecule has 1 N–H and O–H groups in total. The Hall–Kier alpha value is -3.63. The summed E-state index contributed by atoms with van der Waals surface area (Å²) < 4.78 is 26.8. The van der Waals surface area contributed by atoms with Gasteiger partial charge in [-0.3, -0.25) is 9.52 Å². The first-order valence-electron chi connectivity index (χ1n) is 10.4. The van der Waals surface area contributed by atoms with Gasteiger partial charge in [0, 0.05) is 12.0 Å². The first kappa shape index (κ1) is 20.3. The highest BCUT2D eigenvalue weighted by molar-refractivity contribution is 7.84. The van der Waals surface area contributed by atoms with Crippen LogP contribution in [0.2, 0.25) is 0 Å². The van der Waals surface area contributed by atoms with E-state index in [0.29, 0.717) is 11.3 Å². The fourth-order valence-electron chi connectivity index (χ4n) is 4.16. The van der Waals surface area contributed by atoms with Crippen molar-refractivity contribution in [1.82, 2.24) is 4.72 Å². The molecule has 1 aliphatic heterocycles. The molecule has 7 heteroatoms. The van der Waals surface area contributed by atoms with Gasteiger partial charge in [-0.15, -0.1) is 0 Å². The smallest absolute Gasteiger partial charge is 0.233 e. The van der Waals surface area contributed by atoms with Crippen LogP contribution in [0.1, 0.15) is 46.4 Å². The second kappa shape index (κ2) is 8.48. The van der Waals surface area contributed by atoms with Crippen LogP contribution in [0, 0.1) is 11.3 Å². The molecular weight excluding hydrogens is 424 g/mol. The third kappa shape index (κ3) is 3.97. The summed E-state index contributed by atoms with van der Waals surface area (Å²) in [7, 11) is -1.37. The van der Waals surface area contributed by atoms with Gasteiger partial charge < -0.3 is 9.47 Å². The molecule has 2 aliphatic rings. The van der Waals surface area contributed by atoms with E-state index in [0.717, 1.165) is 41.0 Å². The highest BCUT2D eigenvalue weighted by atomic mass is 32.2. The Labute approximate surface area is 188 Å².